The van der Waals surface area contributed by atoms with Crippen LogP contribution < -0.4 is 21.3 Å². The number of thiol groups is 1. The summed E-state index contributed by atoms with van der Waals surface area (Å²) in [5, 5.41) is 28.2. The zero-order valence-corrected chi connectivity index (χ0v) is 18.3. The number of aliphatic carboxylic acids is 2. The molecule has 1 aliphatic heterocycles. The minimum absolute atomic E-state index is 0.00206. The maximum Gasteiger partial charge on any atom is 0.326 e. The number of amides is 3. The van der Waals surface area contributed by atoms with Gasteiger partial charge in [-0.15, -0.1) is 0 Å². The third-order valence-electron chi connectivity index (χ3n) is 4.43. The van der Waals surface area contributed by atoms with E-state index in [1.807, 2.05) is 0 Å². The van der Waals surface area contributed by atoms with Gasteiger partial charge in [0, 0.05) is 5.75 Å². The molecule has 1 heterocycles. The van der Waals surface area contributed by atoms with Gasteiger partial charge in [-0.1, -0.05) is 0 Å². The molecule has 1 fully saturated rings. The molecule has 170 valence electrons. The zero-order chi connectivity index (χ0) is 22.7. The van der Waals surface area contributed by atoms with Crippen molar-refractivity contribution in [3.8, 4) is 0 Å². The molecule has 30 heavy (non-hydrogen) atoms. The molecular formula is C17H28N4O7S2. The highest BCUT2D eigenvalue weighted by atomic mass is 32.2. The summed E-state index contributed by atoms with van der Waals surface area (Å²) in [6.45, 7) is 0.716. The van der Waals surface area contributed by atoms with E-state index in [9.17, 15) is 24.0 Å². The van der Waals surface area contributed by atoms with Gasteiger partial charge in [0.1, 0.15) is 18.1 Å². The lowest BCUT2D eigenvalue weighted by atomic mass is 10.1. The van der Waals surface area contributed by atoms with Crippen molar-refractivity contribution in [3.63, 3.8) is 0 Å². The summed E-state index contributed by atoms with van der Waals surface area (Å²) in [4.78, 5) is 59.4. The molecule has 0 bridgehead atoms. The number of carboxylic acid groups (broad SMARTS) is 2. The third kappa shape index (κ3) is 8.79. The Morgan fingerprint density at radius 1 is 1.07 bits per heavy atom. The molecule has 0 aliphatic carbocycles. The Labute approximate surface area is 183 Å². The SMILES string of the molecule is CSCCC(NC(=O)C(CS)NC(=O)C1CCCN1)C(=O)NC(CC(=O)O)C(=O)O. The van der Waals surface area contributed by atoms with Gasteiger partial charge in [-0.25, -0.2) is 4.79 Å². The molecule has 0 saturated carbocycles. The van der Waals surface area contributed by atoms with Gasteiger partial charge in [0.2, 0.25) is 17.7 Å². The predicted molar refractivity (Wildman–Crippen MR) is 114 cm³/mol. The summed E-state index contributed by atoms with van der Waals surface area (Å²) >= 11 is 5.51. The Bertz CT molecular complexity index is 644. The van der Waals surface area contributed by atoms with Crippen LogP contribution in [0, 0.1) is 0 Å². The summed E-state index contributed by atoms with van der Waals surface area (Å²) in [5.41, 5.74) is 0. The second-order valence-electron chi connectivity index (χ2n) is 6.73. The van der Waals surface area contributed by atoms with Crippen LogP contribution >= 0.6 is 24.4 Å². The molecule has 0 aromatic heterocycles. The fourth-order valence-corrected chi connectivity index (χ4v) is 3.53. The first kappa shape index (κ1) is 26.0. The standard InChI is InChI=1S/C17H28N4O7S2/c1-30-6-4-10(15(25)20-11(17(27)28)7-13(22)23)19-16(26)12(8-29)21-14(24)9-3-2-5-18-9/h9-12,18,29H,2-8H2,1H3,(H,19,26)(H,20,25)(H,21,24)(H,22,23)(H,27,28). The van der Waals surface area contributed by atoms with E-state index in [1.165, 1.54) is 11.8 Å². The summed E-state index contributed by atoms with van der Waals surface area (Å²) in [6, 6.07) is -4.09. The van der Waals surface area contributed by atoms with Gasteiger partial charge >= 0.3 is 11.9 Å². The largest absolute Gasteiger partial charge is 0.481 e. The van der Waals surface area contributed by atoms with Crippen LogP contribution in [-0.4, -0.2) is 88.3 Å². The van der Waals surface area contributed by atoms with Crippen molar-refractivity contribution in [2.24, 2.45) is 0 Å². The van der Waals surface area contributed by atoms with Gasteiger partial charge in [0.25, 0.3) is 0 Å². The van der Waals surface area contributed by atoms with Crippen LogP contribution in [0.4, 0.5) is 0 Å². The second kappa shape index (κ2) is 13.3. The first-order valence-electron chi connectivity index (χ1n) is 9.38. The topological polar surface area (TPSA) is 174 Å². The van der Waals surface area contributed by atoms with Crippen LogP contribution in [0.25, 0.3) is 0 Å². The van der Waals surface area contributed by atoms with E-state index in [2.05, 4.69) is 33.9 Å². The number of thioether (sulfide) groups is 1. The molecule has 1 saturated heterocycles. The van der Waals surface area contributed by atoms with Crippen LogP contribution in [0.2, 0.25) is 0 Å². The summed E-state index contributed by atoms with van der Waals surface area (Å²) in [6.07, 6.45) is 2.70. The van der Waals surface area contributed by atoms with E-state index in [4.69, 9.17) is 10.2 Å². The molecule has 0 spiro atoms. The summed E-state index contributed by atoms with van der Waals surface area (Å²) in [7, 11) is 0. The van der Waals surface area contributed by atoms with Crippen molar-refractivity contribution in [2.45, 2.75) is 49.9 Å². The van der Waals surface area contributed by atoms with Crippen molar-refractivity contribution >= 4 is 54.1 Å². The van der Waals surface area contributed by atoms with Crippen LogP contribution in [-0.2, 0) is 24.0 Å². The maximum absolute atomic E-state index is 12.6. The number of rotatable bonds is 13. The maximum atomic E-state index is 12.6. The fourth-order valence-electron chi connectivity index (χ4n) is 2.80. The third-order valence-corrected chi connectivity index (χ3v) is 5.44. The Morgan fingerprint density at radius 3 is 2.20 bits per heavy atom. The average Bonchev–Trinajstić information content (AvgIpc) is 3.22. The Hall–Kier alpha value is -1.99. The monoisotopic (exact) mass is 464 g/mol. The molecule has 3 amide bonds. The first-order chi connectivity index (χ1) is 14.2. The lowest BCUT2D eigenvalue weighted by Gasteiger charge is -2.24. The molecule has 0 aromatic carbocycles. The molecule has 0 radical (unpaired) electrons. The van der Waals surface area contributed by atoms with Crippen LogP contribution in [0.5, 0.6) is 0 Å². The van der Waals surface area contributed by atoms with Crippen LogP contribution in [0.3, 0.4) is 0 Å². The number of nitrogens with one attached hydrogen (secondary N) is 4. The van der Waals surface area contributed by atoms with Crippen molar-refractivity contribution in [3.05, 3.63) is 0 Å². The van der Waals surface area contributed by atoms with Gasteiger partial charge < -0.3 is 31.5 Å². The second-order valence-corrected chi connectivity index (χ2v) is 8.08. The van der Waals surface area contributed by atoms with Crippen molar-refractivity contribution in [2.75, 3.05) is 24.3 Å². The Kier molecular flexibility index (Phi) is 11.6. The molecule has 4 unspecified atom stereocenters. The number of carbonyl (C=O) groups excluding carboxylic acids is 3. The molecule has 1 aliphatic rings. The van der Waals surface area contributed by atoms with Gasteiger partial charge in [-0.3, -0.25) is 19.2 Å². The highest BCUT2D eigenvalue weighted by Crippen LogP contribution is 2.07. The minimum Gasteiger partial charge on any atom is -0.481 e. The molecule has 11 nitrogen and oxygen atoms in total. The Morgan fingerprint density at radius 2 is 1.70 bits per heavy atom. The van der Waals surface area contributed by atoms with Gasteiger partial charge in [-0.05, 0) is 37.8 Å². The molecule has 1 rings (SSSR count). The lowest BCUT2D eigenvalue weighted by molar-refractivity contribution is -0.147. The predicted octanol–water partition coefficient (Wildman–Crippen LogP) is -1.56. The Balaban J connectivity index is 2.78. The number of carbonyl (C=O) groups is 5. The fraction of sp³-hybridized carbons (Fsp3) is 0.706. The van der Waals surface area contributed by atoms with E-state index in [0.717, 1.165) is 6.42 Å². The van der Waals surface area contributed by atoms with Crippen molar-refractivity contribution < 1.29 is 34.2 Å². The van der Waals surface area contributed by atoms with E-state index >= 15 is 0 Å². The minimum atomic E-state index is -1.63. The molecule has 0 aromatic rings. The molecule has 6 N–H and O–H groups in total. The smallest absolute Gasteiger partial charge is 0.326 e. The van der Waals surface area contributed by atoms with E-state index in [0.29, 0.717) is 18.7 Å². The van der Waals surface area contributed by atoms with Crippen molar-refractivity contribution in [1.29, 1.82) is 0 Å². The quantitative estimate of drug-likeness (QED) is 0.159. The van der Waals surface area contributed by atoms with Crippen LogP contribution in [0.1, 0.15) is 25.7 Å². The van der Waals surface area contributed by atoms with E-state index in [-0.39, 0.29) is 24.1 Å². The van der Waals surface area contributed by atoms with Crippen LogP contribution in [0.15, 0.2) is 0 Å². The molecular weight excluding hydrogens is 436 g/mol. The van der Waals surface area contributed by atoms with E-state index < -0.39 is 48.3 Å². The van der Waals surface area contributed by atoms with E-state index in [1.54, 1.807) is 6.26 Å². The summed E-state index contributed by atoms with van der Waals surface area (Å²) in [5.74, 6) is -4.18. The average molecular weight is 465 g/mol. The molecule has 4 atom stereocenters. The first-order valence-corrected chi connectivity index (χ1v) is 11.4. The number of hydrogen-bond donors (Lipinski definition) is 7. The van der Waals surface area contributed by atoms with Gasteiger partial charge in [-0.2, -0.15) is 24.4 Å². The number of carboxylic acids is 2. The zero-order valence-electron chi connectivity index (χ0n) is 16.6. The number of hydrogen-bond acceptors (Lipinski definition) is 8. The van der Waals surface area contributed by atoms with Crippen molar-refractivity contribution in [1.82, 2.24) is 21.3 Å². The lowest BCUT2D eigenvalue weighted by Crippen LogP contribution is -2.57. The molecule has 13 heteroatoms. The highest BCUT2D eigenvalue weighted by Gasteiger charge is 2.31. The highest BCUT2D eigenvalue weighted by molar-refractivity contribution is 7.98. The van der Waals surface area contributed by atoms with Gasteiger partial charge in [0.05, 0.1) is 12.5 Å². The summed E-state index contributed by atoms with van der Waals surface area (Å²) < 4.78 is 0. The van der Waals surface area contributed by atoms with Gasteiger partial charge in [0.15, 0.2) is 0 Å². The normalized spacial score (nSPS) is 18.7.